The van der Waals surface area contributed by atoms with Crippen LogP contribution in [0.15, 0.2) is 36.9 Å². The Kier molecular flexibility index (Phi) is 6.23. The van der Waals surface area contributed by atoms with Crippen LogP contribution in [0.1, 0.15) is 33.3 Å². The van der Waals surface area contributed by atoms with E-state index in [0.717, 1.165) is 24.3 Å². The van der Waals surface area contributed by atoms with Gasteiger partial charge in [-0.1, -0.05) is 26.0 Å². The second-order valence-electron chi connectivity index (χ2n) is 7.68. The molecule has 1 saturated heterocycles. The van der Waals surface area contributed by atoms with Gasteiger partial charge in [-0.25, -0.2) is 9.67 Å². The van der Waals surface area contributed by atoms with Crippen LogP contribution in [-0.2, 0) is 16.1 Å². The van der Waals surface area contributed by atoms with E-state index in [1.807, 2.05) is 24.3 Å². The molecule has 3 atom stereocenters. The number of carbonyl (C=O) groups excluding carboxylic acids is 1. The normalized spacial score (nSPS) is 22.0. The van der Waals surface area contributed by atoms with Gasteiger partial charge in [0.1, 0.15) is 12.7 Å². The van der Waals surface area contributed by atoms with Gasteiger partial charge in [-0.3, -0.25) is 9.69 Å². The van der Waals surface area contributed by atoms with Gasteiger partial charge in [-0.2, -0.15) is 5.10 Å². The molecule has 27 heavy (non-hydrogen) atoms. The summed E-state index contributed by atoms with van der Waals surface area (Å²) in [5, 5.41) is 7.23. The molecule has 1 aliphatic heterocycles. The van der Waals surface area contributed by atoms with E-state index in [-0.39, 0.29) is 30.1 Å². The van der Waals surface area contributed by atoms with E-state index >= 15 is 0 Å². The average Bonchev–Trinajstić information content (AvgIpc) is 3.07. The van der Waals surface area contributed by atoms with Crippen molar-refractivity contribution in [3.05, 3.63) is 42.5 Å². The number of hydrogen-bond donors (Lipinski definition) is 1. The van der Waals surface area contributed by atoms with E-state index < -0.39 is 0 Å². The fraction of sp³-hybridized carbons (Fsp3) is 0.550. The van der Waals surface area contributed by atoms with Crippen molar-refractivity contribution in [1.29, 1.82) is 0 Å². The van der Waals surface area contributed by atoms with Crippen LogP contribution in [0.25, 0.3) is 0 Å². The number of morpholine rings is 1. The molecule has 7 heteroatoms. The van der Waals surface area contributed by atoms with E-state index in [0.29, 0.717) is 6.54 Å². The summed E-state index contributed by atoms with van der Waals surface area (Å²) in [6.45, 7) is 10.5. The highest BCUT2D eigenvalue weighted by Crippen LogP contribution is 2.21. The smallest absolute Gasteiger partial charge is 0.241 e. The van der Waals surface area contributed by atoms with Crippen LogP contribution < -0.4 is 5.32 Å². The summed E-state index contributed by atoms with van der Waals surface area (Å²) in [5.41, 5.74) is 1.87. The molecule has 3 rings (SSSR count). The quantitative estimate of drug-likeness (QED) is 0.844. The van der Waals surface area contributed by atoms with Crippen LogP contribution in [0.2, 0.25) is 0 Å². The van der Waals surface area contributed by atoms with Crippen LogP contribution in [0, 0.1) is 5.92 Å². The molecule has 1 aliphatic rings. The Bertz CT molecular complexity index is 737. The van der Waals surface area contributed by atoms with Crippen molar-refractivity contribution in [2.24, 2.45) is 5.92 Å². The predicted molar refractivity (Wildman–Crippen MR) is 104 cm³/mol. The van der Waals surface area contributed by atoms with Crippen molar-refractivity contribution in [1.82, 2.24) is 19.7 Å². The lowest BCUT2D eigenvalue weighted by molar-refractivity contribution is -0.130. The lowest BCUT2D eigenvalue weighted by atomic mass is 9.99. The first-order chi connectivity index (χ1) is 12.9. The zero-order chi connectivity index (χ0) is 19.4. The molecule has 2 aromatic rings. The van der Waals surface area contributed by atoms with Crippen molar-refractivity contribution in [2.75, 3.05) is 18.4 Å². The summed E-state index contributed by atoms with van der Waals surface area (Å²) in [6.07, 6.45) is 3.46. The monoisotopic (exact) mass is 371 g/mol. The Hall–Kier alpha value is -2.25. The minimum Gasteiger partial charge on any atom is -0.373 e. The first-order valence-corrected chi connectivity index (χ1v) is 9.54. The number of aromatic nitrogens is 3. The number of hydrogen-bond acceptors (Lipinski definition) is 5. The molecule has 3 unspecified atom stereocenters. The van der Waals surface area contributed by atoms with Crippen molar-refractivity contribution < 1.29 is 9.53 Å². The summed E-state index contributed by atoms with van der Waals surface area (Å²) in [4.78, 5) is 19.3. The molecular weight excluding hydrogens is 342 g/mol. The number of benzene rings is 1. The summed E-state index contributed by atoms with van der Waals surface area (Å²) < 4.78 is 7.58. The van der Waals surface area contributed by atoms with Gasteiger partial charge in [0, 0.05) is 18.8 Å². The number of amides is 1. The second-order valence-corrected chi connectivity index (χ2v) is 7.68. The first-order valence-electron chi connectivity index (χ1n) is 9.54. The van der Waals surface area contributed by atoms with Gasteiger partial charge in [-0.15, -0.1) is 0 Å². The number of ether oxygens (including phenoxy) is 1. The highest BCUT2D eigenvalue weighted by Gasteiger charge is 2.34. The number of nitrogens with zero attached hydrogens (tertiary/aromatic N) is 4. The van der Waals surface area contributed by atoms with Crippen LogP contribution in [-0.4, -0.2) is 56.9 Å². The van der Waals surface area contributed by atoms with E-state index in [9.17, 15) is 4.79 Å². The topological polar surface area (TPSA) is 72.3 Å². The molecule has 1 N–H and O–H groups in total. The largest absolute Gasteiger partial charge is 0.373 e. The molecule has 1 aromatic carbocycles. The molecule has 0 saturated carbocycles. The number of nitrogens with one attached hydrogen (secondary N) is 1. The van der Waals surface area contributed by atoms with E-state index in [4.69, 9.17) is 4.74 Å². The van der Waals surface area contributed by atoms with Gasteiger partial charge in [0.25, 0.3) is 0 Å². The Morgan fingerprint density at radius 2 is 2.04 bits per heavy atom. The minimum atomic E-state index is -0.183. The molecule has 0 aliphatic carbocycles. The molecule has 2 heterocycles. The molecule has 146 valence electrons. The number of rotatable bonds is 6. The predicted octanol–water partition coefficient (Wildman–Crippen LogP) is 2.40. The molecule has 1 aromatic heterocycles. The Morgan fingerprint density at radius 1 is 1.30 bits per heavy atom. The SMILES string of the molecule is CC1CN(C(C(=O)Nc2cccc(Cn3cncn3)c2)C(C)C)CC(C)O1. The third-order valence-electron chi connectivity index (χ3n) is 4.75. The molecule has 0 radical (unpaired) electrons. The van der Waals surface area contributed by atoms with E-state index in [1.165, 1.54) is 6.33 Å². The first kappa shape index (κ1) is 19.5. The summed E-state index contributed by atoms with van der Waals surface area (Å²) >= 11 is 0. The maximum atomic E-state index is 13.1. The van der Waals surface area contributed by atoms with E-state index in [2.05, 4.69) is 48.0 Å². The van der Waals surface area contributed by atoms with Gasteiger partial charge < -0.3 is 10.1 Å². The van der Waals surface area contributed by atoms with Crippen LogP contribution in [0.5, 0.6) is 0 Å². The fourth-order valence-corrected chi connectivity index (χ4v) is 3.80. The van der Waals surface area contributed by atoms with Crippen molar-refractivity contribution in [2.45, 2.75) is 52.5 Å². The fourth-order valence-electron chi connectivity index (χ4n) is 3.80. The number of anilines is 1. The second kappa shape index (κ2) is 8.63. The third kappa shape index (κ3) is 5.14. The zero-order valence-electron chi connectivity index (χ0n) is 16.5. The van der Waals surface area contributed by atoms with Gasteiger partial charge in [0.05, 0.1) is 24.8 Å². The Morgan fingerprint density at radius 3 is 2.67 bits per heavy atom. The molecule has 0 bridgehead atoms. The van der Waals surface area contributed by atoms with Crippen molar-refractivity contribution >= 4 is 11.6 Å². The molecular formula is C20H29N5O2. The van der Waals surface area contributed by atoms with E-state index in [1.54, 1.807) is 11.0 Å². The van der Waals surface area contributed by atoms with Gasteiger partial charge >= 0.3 is 0 Å². The standard InChI is InChI=1S/C20H29N5O2/c1-14(2)19(24-9-15(3)27-16(4)10-24)20(26)23-18-7-5-6-17(8-18)11-25-13-21-12-22-25/h5-8,12-16,19H,9-11H2,1-4H3,(H,23,26). The minimum absolute atomic E-state index is 0.0317. The molecule has 1 amide bonds. The third-order valence-corrected chi connectivity index (χ3v) is 4.75. The maximum absolute atomic E-state index is 13.1. The summed E-state index contributed by atoms with van der Waals surface area (Å²) in [6, 6.07) is 7.69. The molecule has 7 nitrogen and oxygen atoms in total. The van der Waals surface area contributed by atoms with Gasteiger partial charge in [0.2, 0.25) is 5.91 Å². The molecule has 0 spiro atoms. The maximum Gasteiger partial charge on any atom is 0.241 e. The molecule has 1 fully saturated rings. The highest BCUT2D eigenvalue weighted by molar-refractivity contribution is 5.95. The van der Waals surface area contributed by atoms with Gasteiger partial charge in [0.15, 0.2) is 0 Å². The van der Waals surface area contributed by atoms with Crippen molar-refractivity contribution in [3.8, 4) is 0 Å². The summed E-state index contributed by atoms with van der Waals surface area (Å²) in [7, 11) is 0. The Labute approximate surface area is 160 Å². The summed E-state index contributed by atoms with van der Waals surface area (Å²) in [5.74, 6) is 0.241. The van der Waals surface area contributed by atoms with Crippen LogP contribution in [0.4, 0.5) is 5.69 Å². The number of carbonyl (C=O) groups is 1. The zero-order valence-corrected chi connectivity index (χ0v) is 16.5. The average molecular weight is 371 g/mol. The van der Waals surface area contributed by atoms with Crippen molar-refractivity contribution in [3.63, 3.8) is 0 Å². The highest BCUT2D eigenvalue weighted by atomic mass is 16.5. The lowest BCUT2D eigenvalue weighted by Gasteiger charge is -2.41. The lowest BCUT2D eigenvalue weighted by Crippen LogP contribution is -2.55. The van der Waals surface area contributed by atoms with Crippen LogP contribution in [0.3, 0.4) is 0 Å². The van der Waals surface area contributed by atoms with Crippen LogP contribution >= 0.6 is 0 Å². The van der Waals surface area contributed by atoms with Gasteiger partial charge in [-0.05, 0) is 37.5 Å². The Balaban J connectivity index is 1.70.